The Labute approximate surface area is 130 Å². The number of hydrogen-bond acceptors (Lipinski definition) is 2. The zero-order valence-corrected chi connectivity index (χ0v) is 14.3. The molecule has 2 nitrogen and oxygen atoms in total. The molecule has 0 radical (unpaired) electrons. The van der Waals surface area contributed by atoms with E-state index in [-0.39, 0.29) is 5.41 Å². The van der Waals surface area contributed by atoms with Gasteiger partial charge in [0, 0.05) is 6.04 Å². The first-order chi connectivity index (χ1) is 9.91. The van der Waals surface area contributed by atoms with Crippen LogP contribution >= 0.6 is 0 Å². The first kappa shape index (κ1) is 16.4. The second-order valence-corrected chi connectivity index (χ2v) is 7.38. The Kier molecular flexibility index (Phi) is 5.32. The molecule has 2 unspecified atom stereocenters. The summed E-state index contributed by atoms with van der Waals surface area (Å²) in [5.41, 5.74) is 2.82. The van der Waals surface area contributed by atoms with Gasteiger partial charge in [-0.25, -0.2) is 0 Å². The van der Waals surface area contributed by atoms with Crippen molar-refractivity contribution in [1.29, 1.82) is 0 Å². The topological polar surface area (TPSA) is 21.3 Å². The van der Waals surface area contributed by atoms with E-state index in [1.807, 2.05) is 0 Å². The van der Waals surface area contributed by atoms with Crippen LogP contribution in [0.2, 0.25) is 0 Å². The summed E-state index contributed by atoms with van der Waals surface area (Å²) < 4.78 is 6.32. The van der Waals surface area contributed by atoms with Crippen LogP contribution in [0.5, 0.6) is 5.75 Å². The van der Waals surface area contributed by atoms with Crippen molar-refractivity contribution in [1.82, 2.24) is 5.32 Å². The number of nitrogens with one attached hydrogen (secondary N) is 1. The molecule has 1 saturated carbocycles. The van der Waals surface area contributed by atoms with Crippen molar-refractivity contribution in [2.24, 2.45) is 0 Å². The minimum atomic E-state index is 0.196. The van der Waals surface area contributed by atoms with Crippen LogP contribution in [-0.4, -0.2) is 18.7 Å². The van der Waals surface area contributed by atoms with E-state index in [0.717, 1.165) is 12.3 Å². The van der Waals surface area contributed by atoms with Gasteiger partial charge in [-0.1, -0.05) is 39.8 Å². The molecule has 0 saturated heterocycles. The van der Waals surface area contributed by atoms with Crippen molar-refractivity contribution in [2.45, 2.75) is 77.9 Å². The molecule has 1 aromatic rings. The summed E-state index contributed by atoms with van der Waals surface area (Å²) in [6, 6.07) is 7.17. The molecule has 118 valence electrons. The van der Waals surface area contributed by atoms with Gasteiger partial charge < -0.3 is 10.1 Å². The molecule has 0 aromatic heterocycles. The van der Waals surface area contributed by atoms with E-state index >= 15 is 0 Å². The molecule has 2 rings (SSSR count). The monoisotopic (exact) mass is 289 g/mol. The van der Waals surface area contributed by atoms with Gasteiger partial charge in [0.25, 0.3) is 0 Å². The van der Waals surface area contributed by atoms with Crippen LogP contribution in [0.15, 0.2) is 18.2 Å². The highest BCUT2D eigenvalue weighted by Gasteiger charge is 2.28. The van der Waals surface area contributed by atoms with Crippen molar-refractivity contribution >= 4 is 0 Å². The van der Waals surface area contributed by atoms with Crippen LogP contribution in [0.3, 0.4) is 0 Å². The summed E-state index contributed by atoms with van der Waals surface area (Å²) in [6.07, 6.45) is 5.19. The standard InChI is InChI=1S/C19H31NO/c1-6-12-20-16-8-7-9-18(16)21-17-11-10-15(13-14(17)2)19(3,4)5/h10-11,13,16,18,20H,6-9,12H2,1-5H3. The number of rotatable bonds is 5. The molecule has 1 aliphatic rings. The highest BCUT2D eigenvalue weighted by molar-refractivity contribution is 5.39. The quantitative estimate of drug-likeness (QED) is 0.856. The van der Waals surface area contributed by atoms with Crippen LogP contribution < -0.4 is 10.1 Å². The number of ether oxygens (including phenoxy) is 1. The molecule has 2 atom stereocenters. The van der Waals surface area contributed by atoms with Crippen LogP contribution in [0.1, 0.15) is 64.5 Å². The highest BCUT2D eigenvalue weighted by atomic mass is 16.5. The highest BCUT2D eigenvalue weighted by Crippen LogP contribution is 2.30. The summed E-state index contributed by atoms with van der Waals surface area (Å²) in [4.78, 5) is 0. The molecule has 0 spiro atoms. The Hall–Kier alpha value is -1.02. The Balaban J connectivity index is 2.05. The maximum absolute atomic E-state index is 6.32. The minimum Gasteiger partial charge on any atom is -0.489 e. The Bertz CT molecular complexity index is 461. The van der Waals surface area contributed by atoms with Crippen LogP contribution in [0.25, 0.3) is 0 Å². The average molecular weight is 289 g/mol. The third kappa shape index (κ3) is 4.23. The summed E-state index contributed by atoms with van der Waals surface area (Å²) in [5, 5.41) is 3.63. The summed E-state index contributed by atoms with van der Waals surface area (Å²) >= 11 is 0. The summed E-state index contributed by atoms with van der Waals surface area (Å²) in [5.74, 6) is 1.05. The zero-order valence-electron chi connectivity index (χ0n) is 14.3. The van der Waals surface area contributed by atoms with E-state index < -0.39 is 0 Å². The van der Waals surface area contributed by atoms with Gasteiger partial charge in [0.1, 0.15) is 11.9 Å². The molecule has 0 aliphatic heterocycles. The lowest BCUT2D eigenvalue weighted by Gasteiger charge is -2.25. The Morgan fingerprint density at radius 3 is 2.62 bits per heavy atom. The maximum Gasteiger partial charge on any atom is 0.122 e. The van der Waals surface area contributed by atoms with Gasteiger partial charge in [0.2, 0.25) is 0 Å². The molecule has 21 heavy (non-hydrogen) atoms. The molecule has 0 heterocycles. The zero-order chi connectivity index (χ0) is 15.5. The predicted molar refractivity (Wildman–Crippen MR) is 90.2 cm³/mol. The van der Waals surface area contributed by atoms with Gasteiger partial charge in [-0.3, -0.25) is 0 Å². The number of benzene rings is 1. The van der Waals surface area contributed by atoms with Crippen LogP contribution in [-0.2, 0) is 5.41 Å². The largest absolute Gasteiger partial charge is 0.489 e. The third-order valence-electron chi connectivity index (χ3n) is 4.43. The fourth-order valence-electron chi connectivity index (χ4n) is 3.04. The summed E-state index contributed by atoms with van der Waals surface area (Å²) in [6.45, 7) is 12.2. The SMILES string of the molecule is CCCNC1CCCC1Oc1ccc(C(C)(C)C)cc1C. The average Bonchev–Trinajstić information content (AvgIpc) is 2.85. The van der Waals surface area contributed by atoms with Crippen molar-refractivity contribution in [2.75, 3.05) is 6.54 Å². The molecule has 2 heteroatoms. The van der Waals surface area contributed by atoms with E-state index in [4.69, 9.17) is 4.74 Å². The number of aryl methyl sites for hydroxylation is 1. The van der Waals surface area contributed by atoms with Crippen molar-refractivity contribution in [3.63, 3.8) is 0 Å². The Morgan fingerprint density at radius 2 is 2.00 bits per heavy atom. The first-order valence-electron chi connectivity index (χ1n) is 8.43. The second-order valence-electron chi connectivity index (χ2n) is 7.38. The molecule has 1 fully saturated rings. The molecular weight excluding hydrogens is 258 g/mol. The smallest absolute Gasteiger partial charge is 0.122 e. The fourth-order valence-corrected chi connectivity index (χ4v) is 3.04. The van der Waals surface area contributed by atoms with Gasteiger partial charge >= 0.3 is 0 Å². The minimum absolute atomic E-state index is 0.196. The fraction of sp³-hybridized carbons (Fsp3) is 0.684. The van der Waals surface area contributed by atoms with Gasteiger partial charge in [0.15, 0.2) is 0 Å². The normalized spacial score (nSPS) is 22.5. The summed E-state index contributed by atoms with van der Waals surface area (Å²) in [7, 11) is 0. The van der Waals surface area contributed by atoms with Crippen LogP contribution in [0, 0.1) is 6.92 Å². The first-order valence-corrected chi connectivity index (χ1v) is 8.43. The molecule has 0 amide bonds. The molecule has 1 aliphatic carbocycles. The van der Waals surface area contributed by atoms with E-state index in [0.29, 0.717) is 12.1 Å². The lowest BCUT2D eigenvalue weighted by atomic mass is 9.86. The van der Waals surface area contributed by atoms with Gasteiger partial charge in [0.05, 0.1) is 0 Å². The van der Waals surface area contributed by atoms with E-state index in [1.165, 1.54) is 36.8 Å². The lowest BCUT2D eigenvalue weighted by Crippen LogP contribution is -2.39. The maximum atomic E-state index is 6.32. The van der Waals surface area contributed by atoms with Crippen molar-refractivity contribution < 1.29 is 4.74 Å². The third-order valence-corrected chi connectivity index (χ3v) is 4.43. The van der Waals surface area contributed by atoms with Crippen molar-refractivity contribution in [3.05, 3.63) is 29.3 Å². The predicted octanol–water partition coefficient (Wildman–Crippen LogP) is 4.59. The molecule has 0 bridgehead atoms. The van der Waals surface area contributed by atoms with Gasteiger partial charge in [-0.05, 0) is 61.8 Å². The van der Waals surface area contributed by atoms with E-state index in [2.05, 4.69) is 58.1 Å². The van der Waals surface area contributed by atoms with Crippen molar-refractivity contribution in [3.8, 4) is 5.75 Å². The van der Waals surface area contributed by atoms with E-state index in [9.17, 15) is 0 Å². The molecular formula is C19H31NO. The molecule has 1 aromatic carbocycles. The Morgan fingerprint density at radius 1 is 1.24 bits per heavy atom. The molecule has 1 N–H and O–H groups in total. The van der Waals surface area contributed by atoms with E-state index in [1.54, 1.807) is 0 Å². The number of hydrogen-bond donors (Lipinski definition) is 1. The second kappa shape index (κ2) is 6.83. The van der Waals surface area contributed by atoms with Crippen LogP contribution in [0.4, 0.5) is 0 Å². The van der Waals surface area contributed by atoms with Gasteiger partial charge in [-0.2, -0.15) is 0 Å². The van der Waals surface area contributed by atoms with Gasteiger partial charge in [-0.15, -0.1) is 0 Å². The lowest BCUT2D eigenvalue weighted by molar-refractivity contribution is 0.173.